The third-order valence-corrected chi connectivity index (χ3v) is 3.81. The Balaban J connectivity index is 2.08. The van der Waals surface area contributed by atoms with E-state index < -0.39 is 0 Å². The van der Waals surface area contributed by atoms with Crippen LogP contribution in [0.2, 0.25) is 10.0 Å². The smallest absolute Gasteiger partial charge is 0.0639 e. The average molecular weight is 332 g/mol. The van der Waals surface area contributed by atoms with Crippen LogP contribution in [0.1, 0.15) is 5.56 Å². The fourth-order valence-corrected chi connectivity index (χ4v) is 2.03. The zero-order valence-corrected chi connectivity index (χ0v) is 11.9. The third-order valence-electron chi connectivity index (χ3n) is 2.26. The predicted octanol–water partition coefficient (Wildman–Crippen LogP) is 4.76. The predicted molar refractivity (Wildman–Crippen MR) is 75.7 cm³/mol. The highest BCUT2D eigenvalue weighted by atomic mass is 79.9. The minimum atomic E-state index is 0.648. The van der Waals surface area contributed by atoms with Gasteiger partial charge in [-0.15, -0.1) is 0 Å². The van der Waals surface area contributed by atoms with Crippen molar-refractivity contribution in [2.24, 2.45) is 0 Å². The molecule has 0 bridgehead atoms. The van der Waals surface area contributed by atoms with Gasteiger partial charge in [0.2, 0.25) is 0 Å². The molecule has 0 spiro atoms. The number of halogens is 3. The Kier molecular flexibility index (Phi) is 4.26. The average Bonchev–Trinajstić information content (AvgIpc) is 2.32. The molecule has 2 aromatic rings. The lowest BCUT2D eigenvalue weighted by atomic mass is 10.2. The van der Waals surface area contributed by atoms with E-state index >= 15 is 0 Å². The molecule has 0 fully saturated rings. The fourth-order valence-electron chi connectivity index (χ4n) is 1.35. The largest absolute Gasteiger partial charge is 0.381 e. The van der Waals surface area contributed by atoms with Gasteiger partial charge in [0.15, 0.2) is 0 Å². The van der Waals surface area contributed by atoms with Crippen LogP contribution in [0.3, 0.4) is 0 Å². The molecule has 0 aliphatic heterocycles. The van der Waals surface area contributed by atoms with Crippen LogP contribution in [0.5, 0.6) is 0 Å². The summed E-state index contributed by atoms with van der Waals surface area (Å²) in [5.74, 6) is 0. The summed E-state index contributed by atoms with van der Waals surface area (Å²) in [6.07, 6.45) is 3.36. The number of benzene rings is 1. The monoisotopic (exact) mass is 330 g/mol. The van der Waals surface area contributed by atoms with Crippen LogP contribution in [0.25, 0.3) is 0 Å². The third kappa shape index (κ3) is 3.35. The van der Waals surface area contributed by atoms with Gasteiger partial charge in [0.1, 0.15) is 0 Å². The van der Waals surface area contributed by atoms with Crippen LogP contribution >= 0.6 is 39.1 Å². The van der Waals surface area contributed by atoms with Gasteiger partial charge < -0.3 is 5.32 Å². The van der Waals surface area contributed by atoms with E-state index in [1.165, 1.54) is 0 Å². The summed E-state index contributed by atoms with van der Waals surface area (Å²) in [6, 6.07) is 7.57. The quantitative estimate of drug-likeness (QED) is 0.876. The summed E-state index contributed by atoms with van der Waals surface area (Å²) in [4.78, 5) is 3.94. The maximum Gasteiger partial charge on any atom is 0.0639 e. The lowest BCUT2D eigenvalue weighted by molar-refractivity contribution is 1.13. The summed E-state index contributed by atoms with van der Waals surface area (Å²) in [5.41, 5.74) is 1.99. The number of aromatic nitrogens is 1. The second kappa shape index (κ2) is 5.71. The molecule has 0 saturated carbocycles. The zero-order valence-electron chi connectivity index (χ0n) is 8.75. The topological polar surface area (TPSA) is 24.9 Å². The van der Waals surface area contributed by atoms with Gasteiger partial charge in [-0.1, -0.05) is 23.2 Å². The van der Waals surface area contributed by atoms with E-state index in [-0.39, 0.29) is 0 Å². The molecule has 0 radical (unpaired) electrons. The van der Waals surface area contributed by atoms with Gasteiger partial charge in [-0.2, -0.15) is 0 Å². The van der Waals surface area contributed by atoms with Crippen LogP contribution in [-0.4, -0.2) is 4.98 Å². The van der Waals surface area contributed by atoms with Crippen LogP contribution in [0.15, 0.2) is 41.1 Å². The molecule has 0 unspecified atom stereocenters. The van der Waals surface area contributed by atoms with Crippen molar-refractivity contribution in [2.75, 3.05) is 5.32 Å². The lowest BCUT2D eigenvalue weighted by Gasteiger charge is -2.08. The van der Waals surface area contributed by atoms with E-state index in [9.17, 15) is 0 Å². The summed E-state index contributed by atoms with van der Waals surface area (Å²) >= 11 is 15.3. The molecule has 0 aliphatic rings. The molecule has 0 aliphatic carbocycles. The van der Waals surface area contributed by atoms with Crippen molar-refractivity contribution >= 4 is 44.8 Å². The Morgan fingerprint density at radius 3 is 2.71 bits per heavy atom. The van der Waals surface area contributed by atoms with Crippen molar-refractivity contribution in [2.45, 2.75) is 6.54 Å². The van der Waals surface area contributed by atoms with Crippen molar-refractivity contribution < 1.29 is 0 Å². The molecule has 88 valence electrons. The van der Waals surface area contributed by atoms with Crippen LogP contribution in [0.4, 0.5) is 5.69 Å². The number of hydrogen-bond acceptors (Lipinski definition) is 2. The summed E-state index contributed by atoms with van der Waals surface area (Å²) in [5, 5.41) is 4.62. The first kappa shape index (κ1) is 12.7. The van der Waals surface area contributed by atoms with Crippen LogP contribution in [0, 0.1) is 0 Å². The van der Waals surface area contributed by atoms with Gasteiger partial charge in [0.25, 0.3) is 0 Å². The number of hydrogen-bond donors (Lipinski definition) is 1. The van der Waals surface area contributed by atoms with E-state index in [0.29, 0.717) is 16.6 Å². The first-order chi connectivity index (χ1) is 8.16. The van der Waals surface area contributed by atoms with Gasteiger partial charge >= 0.3 is 0 Å². The number of rotatable bonds is 3. The number of pyridine rings is 1. The molecular weight excluding hydrogens is 323 g/mol. The van der Waals surface area contributed by atoms with Crippen molar-refractivity contribution in [3.05, 3.63) is 56.7 Å². The molecule has 1 heterocycles. The second-order valence-corrected chi connectivity index (χ2v) is 5.12. The lowest BCUT2D eigenvalue weighted by Crippen LogP contribution is -2.00. The molecule has 2 nitrogen and oxygen atoms in total. The summed E-state index contributed by atoms with van der Waals surface area (Å²) in [7, 11) is 0. The minimum Gasteiger partial charge on any atom is -0.381 e. The van der Waals surface area contributed by atoms with E-state index in [2.05, 4.69) is 26.2 Å². The van der Waals surface area contributed by atoms with Crippen molar-refractivity contribution in [1.82, 2.24) is 4.98 Å². The first-order valence-electron chi connectivity index (χ1n) is 4.94. The second-order valence-electron chi connectivity index (χ2n) is 3.45. The van der Waals surface area contributed by atoms with Gasteiger partial charge in [0.05, 0.1) is 10.0 Å². The van der Waals surface area contributed by atoms with Gasteiger partial charge in [-0.25, -0.2) is 0 Å². The highest BCUT2D eigenvalue weighted by Gasteiger charge is 2.01. The highest BCUT2D eigenvalue weighted by Crippen LogP contribution is 2.26. The maximum atomic E-state index is 6.01. The molecule has 0 atom stereocenters. The van der Waals surface area contributed by atoms with Gasteiger partial charge in [-0.3, -0.25) is 4.98 Å². The Morgan fingerprint density at radius 2 is 2.00 bits per heavy atom. The van der Waals surface area contributed by atoms with Crippen molar-refractivity contribution in [3.8, 4) is 0 Å². The number of nitrogens with one attached hydrogen (secondary N) is 1. The van der Waals surface area contributed by atoms with Gasteiger partial charge in [-0.05, 0) is 45.8 Å². The minimum absolute atomic E-state index is 0.648. The maximum absolute atomic E-state index is 6.01. The van der Waals surface area contributed by atoms with Crippen LogP contribution < -0.4 is 5.32 Å². The first-order valence-corrected chi connectivity index (χ1v) is 6.49. The van der Waals surface area contributed by atoms with Crippen molar-refractivity contribution in [1.29, 1.82) is 0 Å². The van der Waals surface area contributed by atoms with Crippen LogP contribution in [-0.2, 0) is 6.54 Å². The molecule has 1 aromatic carbocycles. The highest BCUT2D eigenvalue weighted by molar-refractivity contribution is 9.10. The molecule has 17 heavy (non-hydrogen) atoms. The summed E-state index contributed by atoms with van der Waals surface area (Å²) in [6.45, 7) is 0.648. The molecular formula is C12H9BrCl2N2. The Morgan fingerprint density at radius 1 is 1.18 bits per heavy atom. The molecule has 2 rings (SSSR count). The number of nitrogens with zero attached hydrogens (tertiary/aromatic N) is 1. The Bertz CT molecular complexity index is 532. The molecule has 1 N–H and O–H groups in total. The van der Waals surface area contributed by atoms with E-state index in [4.69, 9.17) is 23.2 Å². The van der Waals surface area contributed by atoms with E-state index in [0.717, 1.165) is 15.7 Å². The zero-order chi connectivity index (χ0) is 12.3. The number of anilines is 1. The fraction of sp³-hybridized carbons (Fsp3) is 0.0833. The standard InChI is InChI=1S/C12H9BrCl2N2/c13-10-5-9(1-2-11(10)14)17-6-8-3-4-16-7-12(8)15/h1-5,7,17H,6H2. The van der Waals surface area contributed by atoms with E-state index in [1.807, 2.05) is 24.3 Å². The SMILES string of the molecule is Clc1ccc(NCc2ccncc2Cl)cc1Br. The summed E-state index contributed by atoms with van der Waals surface area (Å²) < 4.78 is 0.866. The molecule has 5 heteroatoms. The molecule has 0 amide bonds. The molecule has 0 saturated heterocycles. The Hall–Kier alpha value is -0.770. The van der Waals surface area contributed by atoms with Gasteiger partial charge in [0, 0.05) is 29.1 Å². The molecule has 1 aromatic heterocycles. The van der Waals surface area contributed by atoms with E-state index in [1.54, 1.807) is 12.4 Å². The van der Waals surface area contributed by atoms with Crippen molar-refractivity contribution in [3.63, 3.8) is 0 Å². The normalized spacial score (nSPS) is 10.3. The Labute approximate surface area is 118 Å².